The number of benzene rings is 3. The zero-order valence-electron chi connectivity index (χ0n) is 21.5. The predicted octanol–water partition coefficient (Wildman–Crippen LogP) is 7.24. The number of aryl methyl sites for hydroxylation is 1. The van der Waals surface area contributed by atoms with E-state index in [-0.39, 0.29) is 6.17 Å². The monoisotopic (exact) mass is 533 g/mol. The number of piperidine rings is 2. The fraction of sp³-hybridized carbons (Fsp3) is 0.387. The summed E-state index contributed by atoms with van der Waals surface area (Å²) in [6.07, 6.45) is 6.78. The van der Waals surface area contributed by atoms with Gasteiger partial charge in [-0.15, -0.1) is 0 Å². The standard InChI is InChI=1S/C31H36ClN3OS/c1-23-5-10-27(35(22-36)31-4-2-3-17-33-31)20-30(23)25-15-18-34(19-16-25)21-24-6-11-28(12-7-24)37-29-13-8-26(32)9-14-29/h5-14,20,22,25,31,33H,2-4,15-19,21H2,1H3/t31-/m1/s1. The SMILES string of the molecule is Cc1ccc(N(C=O)[C@@H]2CCCCN2)cc1C1CCN(Cc2ccc(Sc3ccc(Cl)cc3)cc2)CC1. The number of nitrogens with zero attached hydrogens (tertiary/aromatic N) is 2. The maximum absolute atomic E-state index is 12.0. The number of anilines is 1. The Morgan fingerprint density at radius 2 is 1.68 bits per heavy atom. The molecule has 4 nitrogen and oxygen atoms in total. The van der Waals surface area contributed by atoms with E-state index in [2.05, 4.69) is 71.7 Å². The summed E-state index contributed by atoms with van der Waals surface area (Å²) in [5.74, 6) is 0.544. The highest BCUT2D eigenvalue weighted by molar-refractivity contribution is 7.99. The molecular weight excluding hydrogens is 498 g/mol. The van der Waals surface area contributed by atoms with Gasteiger partial charge in [-0.05, 0) is 130 Å². The Morgan fingerprint density at radius 1 is 0.973 bits per heavy atom. The van der Waals surface area contributed by atoms with E-state index in [4.69, 9.17) is 11.6 Å². The minimum Gasteiger partial charge on any atom is -0.299 e. The van der Waals surface area contributed by atoms with Gasteiger partial charge in [0.2, 0.25) is 6.41 Å². The molecule has 2 fully saturated rings. The number of carbonyl (C=O) groups excluding carboxylic acids is 1. The number of nitrogens with one attached hydrogen (secondary N) is 1. The quantitative estimate of drug-likeness (QED) is 0.309. The molecule has 37 heavy (non-hydrogen) atoms. The molecule has 3 aromatic carbocycles. The van der Waals surface area contributed by atoms with E-state index in [1.807, 2.05) is 17.0 Å². The summed E-state index contributed by atoms with van der Waals surface area (Å²) in [4.78, 5) is 18.9. The maximum atomic E-state index is 12.0. The van der Waals surface area contributed by atoms with Crippen molar-refractivity contribution in [1.29, 1.82) is 0 Å². The Morgan fingerprint density at radius 3 is 2.32 bits per heavy atom. The van der Waals surface area contributed by atoms with Gasteiger partial charge >= 0.3 is 0 Å². The smallest absolute Gasteiger partial charge is 0.215 e. The normalized spacial score (nSPS) is 19.0. The molecule has 2 aliphatic rings. The van der Waals surface area contributed by atoms with Crippen LogP contribution in [0.25, 0.3) is 0 Å². The van der Waals surface area contributed by atoms with Gasteiger partial charge in [0, 0.05) is 27.0 Å². The van der Waals surface area contributed by atoms with Crippen LogP contribution in [0, 0.1) is 6.92 Å². The van der Waals surface area contributed by atoms with Gasteiger partial charge in [-0.2, -0.15) is 0 Å². The molecule has 0 aliphatic carbocycles. The van der Waals surface area contributed by atoms with Crippen LogP contribution in [0.2, 0.25) is 5.02 Å². The van der Waals surface area contributed by atoms with Gasteiger partial charge in [-0.25, -0.2) is 0 Å². The van der Waals surface area contributed by atoms with Gasteiger partial charge in [0.1, 0.15) is 0 Å². The number of likely N-dealkylation sites (tertiary alicyclic amines) is 1. The van der Waals surface area contributed by atoms with E-state index in [0.717, 1.165) is 62.6 Å². The molecule has 0 unspecified atom stereocenters. The third-order valence-electron chi connectivity index (χ3n) is 7.70. The number of rotatable bonds is 8. The third-order valence-corrected chi connectivity index (χ3v) is 8.97. The van der Waals surface area contributed by atoms with Crippen LogP contribution < -0.4 is 10.2 Å². The van der Waals surface area contributed by atoms with E-state index >= 15 is 0 Å². The average molecular weight is 534 g/mol. The average Bonchev–Trinajstić information content (AvgIpc) is 2.93. The number of hydrogen-bond acceptors (Lipinski definition) is 4. The van der Waals surface area contributed by atoms with Crippen LogP contribution in [0.15, 0.2) is 76.5 Å². The van der Waals surface area contributed by atoms with Crippen molar-refractivity contribution in [3.63, 3.8) is 0 Å². The second-order valence-electron chi connectivity index (χ2n) is 10.3. The van der Waals surface area contributed by atoms with Gasteiger partial charge in [0.25, 0.3) is 0 Å². The summed E-state index contributed by atoms with van der Waals surface area (Å²) in [5, 5.41) is 4.28. The Kier molecular flexibility index (Phi) is 8.88. The molecule has 0 radical (unpaired) electrons. The lowest BCUT2D eigenvalue weighted by Gasteiger charge is -2.35. The van der Waals surface area contributed by atoms with Crippen LogP contribution in [-0.2, 0) is 11.3 Å². The van der Waals surface area contributed by atoms with E-state index in [1.165, 1.54) is 39.3 Å². The second-order valence-corrected chi connectivity index (χ2v) is 11.9. The molecule has 1 atom stereocenters. The van der Waals surface area contributed by atoms with Crippen LogP contribution >= 0.6 is 23.4 Å². The first-order valence-electron chi connectivity index (χ1n) is 13.4. The van der Waals surface area contributed by atoms with Crippen molar-refractivity contribution < 1.29 is 4.79 Å². The first kappa shape index (κ1) is 26.3. The predicted molar refractivity (Wildman–Crippen MR) is 155 cm³/mol. The number of halogens is 1. The first-order valence-corrected chi connectivity index (χ1v) is 14.6. The maximum Gasteiger partial charge on any atom is 0.215 e. The summed E-state index contributed by atoms with van der Waals surface area (Å²) < 4.78 is 0. The van der Waals surface area contributed by atoms with Crippen molar-refractivity contribution in [3.05, 3.63) is 88.4 Å². The van der Waals surface area contributed by atoms with E-state index in [1.54, 1.807) is 11.8 Å². The van der Waals surface area contributed by atoms with Gasteiger partial charge in [0.05, 0.1) is 6.17 Å². The molecule has 1 N–H and O–H groups in total. The number of carbonyl (C=O) groups is 1. The van der Waals surface area contributed by atoms with E-state index < -0.39 is 0 Å². The molecule has 1 amide bonds. The van der Waals surface area contributed by atoms with Crippen LogP contribution in [0.3, 0.4) is 0 Å². The molecule has 6 heteroatoms. The van der Waals surface area contributed by atoms with Crippen LogP contribution in [0.4, 0.5) is 5.69 Å². The zero-order valence-corrected chi connectivity index (χ0v) is 23.1. The van der Waals surface area contributed by atoms with Crippen molar-refractivity contribution in [1.82, 2.24) is 10.2 Å². The lowest BCUT2D eigenvalue weighted by Crippen LogP contribution is -2.47. The highest BCUT2D eigenvalue weighted by atomic mass is 35.5. The summed E-state index contributed by atoms with van der Waals surface area (Å²) >= 11 is 7.77. The van der Waals surface area contributed by atoms with Crippen LogP contribution in [0.1, 0.15) is 54.7 Å². The minimum absolute atomic E-state index is 0.111. The summed E-state index contributed by atoms with van der Waals surface area (Å²) in [6, 6.07) is 23.5. The van der Waals surface area contributed by atoms with Crippen LogP contribution in [-0.4, -0.2) is 37.1 Å². The molecule has 5 rings (SSSR count). The molecule has 2 aliphatic heterocycles. The van der Waals surface area contributed by atoms with Crippen molar-refractivity contribution in [3.8, 4) is 0 Å². The summed E-state index contributed by atoms with van der Waals surface area (Å²) in [6.45, 7) is 6.37. The molecule has 194 valence electrons. The van der Waals surface area contributed by atoms with Gasteiger partial charge in [-0.3, -0.25) is 19.9 Å². The van der Waals surface area contributed by atoms with Crippen molar-refractivity contribution in [2.75, 3.05) is 24.5 Å². The minimum atomic E-state index is 0.111. The Hall–Kier alpha value is -2.31. The topological polar surface area (TPSA) is 35.6 Å². The molecule has 0 spiro atoms. The fourth-order valence-electron chi connectivity index (χ4n) is 5.58. The van der Waals surface area contributed by atoms with Gasteiger partial charge < -0.3 is 0 Å². The van der Waals surface area contributed by atoms with Gasteiger partial charge in [0.15, 0.2) is 0 Å². The molecule has 0 aromatic heterocycles. The largest absolute Gasteiger partial charge is 0.299 e. The lowest BCUT2D eigenvalue weighted by atomic mass is 9.86. The molecule has 2 heterocycles. The van der Waals surface area contributed by atoms with Crippen LogP contribution in [0.5, 0.6) is 0 Å². The highest BCUT2D eigenvalue weighted by Crippen LogP contribution is 2.34. The number of hydrogen-bond donors (Lipinski definition) is 1. The zero-order chi connectivity index (χ0) is 25.6. The van der Waals surface area contributed by atoms with Gasteiger partial charge in [-0.1, -0.05) is 41.6 Å². The molecule has 0 saturated carbocycles. The van der Waals surface area contributed by atoms with Crippen molar-refractivity contribution in [2.24, 2.45) is 0 Å². The molecule has 2 saturated heterocycles. The Bertz CT molecular complexity index is 1170. The number of amides is 1. The van der Waals surface area contributed by atoms with Crippen molar-refractivity contribution in [2.45, 2.75) is 67.4 Å². The Balaban J connectivity index is 1.17. The van der Waals surface area contributed by atoms with E-state index in [9.17, 15) is 4.79 Å². The lowest BCUT2D eigenvalue weighted by molar-refractivity contribution is -0.108. The first-order chi connectivity index (χ1) is 18.1. The molecule has 0 bridgehead atoms. The van der Waals surface area contributed by atoms with E-state index in [0.29, 0.717) is 5.92 Å². The Labute approximate surface area is 230 Å². The second kappa shape index (κ2) is 12.5. The summed E-state index contributed by atoms with van der Waals surface area (Å²) in [5.41, 5.74) is 5.12. The molecular formula is C31H36ClN3OS. The summed E-state index contributed by atoms with van der Waals surface area (Å²) in [7, 11) is 0. The molecule has 3 aromatic rings. The fourth-order valence-corrected chi connectivity index (χ4v) is 6.52. The van der Waals surface area contributed by atoms with Crippen molar-refractivity contribution >= 4 is 35.5 Å². The third kappa shape index (κ3) is 6.77. The highest BCUT2D eigenvalue weighted by Gasteiger charge is 2.25.